The molecular weight excluding hydrogens is 312 g/mol. The third-order valence-corrected chi connectivity index (χ3v) is 4.61. The summed E-state index contributed by atoms with van der Waals surface area (Å²) < 4.78 is 10.7. The first kappa shape index (κ1) is 15.7. The van der Waals surface area contributed by atoms with Crippen LogP contribution in [0, 0.1) is 13.8 Å². The molecule has 23 heavy (non-hydrogen) atoms. The number of aryl methyl sites for hydroxylation is 2. The molecule has 1 fully saturated rings. The van der Waals surface area contributed by atoms with Gasteiger partial charge in [0.25, 0.3) is 5.91 Å². The van der Waals surface area contributed by atoms with Crippen molar-refractivity contribution in [3.63, 3.8) is 0 Å². The maximum absolute atomic E-state index is 12.4. The number of ether oxygens (including phenoxy) is 1. The van der Waals surface area contributed by atoms with E-state index in [0.29, 0.717) is 12.3 Å². The molecule has 0 radical (unpaired) electrons. The molecule has 3 rings (SSSR count). The van der Waals surface area contributed by atoms with E-state index in [1.165, 1.54) is 0 Å². The van der Waals surface area contributed by atoms with Crippen LogP contribution in [-0.4, -0.2) is 34.9 Å². The van der Waals surface area contributed by atoms with Gasteiger partial charge >= 0.3 is 0 Å². The Kier molecular flexibility index (Phi) is 4.71. The quantitative estimate of drug-likeness (QED) is 0.861. The van der Waals surface area contributed by atoms with E-state index in [1.807, 2.05) is 50.3 Å². The summed E-state index contributed by atoms with van der Waals surface area (Å²) in [5, 5.41) is 4.86. The van der Waals surface area contributed by atoms with Gasteiger partial charge in [0.1, 0.15) is 11.5 Å². The third kappa shape index (κ3) is 3.59. The molecule has 2 aromatic rings. The van der Waals surface area contributed by atoms with Crippen molar-refractivity contribution in [1.82, 2.24) is 10.1 Å². The average Bonchev–Trinajstić information content (AvgIpc) is 3.16. The summed E-state index contributed by atoms with van der Waals surface area (Å²) in [5.41, 5.74) is 1.77. The standard InChI is InChI=1S/C17H18N2O3S/c1-12-15(13(2)22-18-12)10-17-19(8-9-23-17)16(20)11-21-14-6-4-3-5-7-14/h3-7,10H,8-9,11H2,1-2H3/b17-10+. The van der Waals surface area contributed by atoms with Crippen LogP contribution >= 0.6 is 11.8 Å². The number of carbonyl (C=O) groups is 1. The van der Waals surface area contributed by atoms with Gasteiger partial charge in [-0.1, -0.05) is 23.4 Å². The highest BCUT2D eigenvalue weighted by Crippen LogP contribution is 2.31. The normalized spacial score (nSPS) is 16.1. The molecule has 1 amide bonds. The van der Waals surface area contributed by atoms with Crippen molar-refractivity contribution in [3.8, 4) is 5.75 Å². The molecule has 1 aliphatic rings. The fourth-order valence-electron chi connectivity index (χ4n) is 2.36. The largest absolute Gasteiger partial charge is 0.484 e. The minimum atomic E-state index is -0.0446. The van der Waals surface area contributed by atoms with Crippen molar-refractivity contribution in [2.75, 3.05) is 18.9 Å². The first-order valence-electron chi connectivity index (χ1n) is 7.41. The Bertz CT molecular complexity index is 705. The maximum atomic E-state index is 12.4. The van der Waals surface area contributed by atoms with Crippen molar-refractivity contribution < 1.29 is 14.1 Å². The minimum absolute atomic E-state index is 0.0313. The van der Waals surface area contributed by atoms with Crippen LogP contribution in [0.5, 0.6) is 5.75 Å². The van der Waals surface area contributed by atoms with E-state index in [4.69, 9.17) is 9.26 Å². The summed E-state index contributed by atoms with van der Waals surface area (Å²) in [7, 11) is 0. The van der Waals surface area contributed by atoms with E-state index in [-0.39, 0.29) is 12.5 Å². The Morgan fingerprint density at radius 3 is 2.87 bits per heavy atom. The predicted molar refractivity (Wildman–Crippen MR) is 90.1 cm³/mol. The fourth-order valence-corrected chi connectivity index (χ4v) is 3.39. The minimum Gasteiger partial charge on any atom is -0.484 e. The number of carbonyl (C=O) groups excluding carboxylic acids is 1. The van der Waals surface area contributed by atoms with Crippen LogP contribution in [0.1, 0.15) is 17.0 Å². The zero-order chi connectivity index (χ0) is 16.2. The van der Waals surface area contributed by atoms with Crippen molar-refractivity contribution in [2.24, 2.45) is 0 Å². The lowest BCUT2D eigenvalue weighted by Crippen LogP contribution is -2.31. The van der Waals surface area contributed by atoms with Gasteiger partial charge in [0.15, 0.2) is 6.61 Å². The van der Waals surface area contributed by atoms with Gasteiger partial charge in [0.2, 0.25) is 0 Å². The average molecular weight is 330 g/mol. The molecule has 1 saturated heterocycles. The van der Waals surface area contributed by atoms with Crippen LogP contribution in [0.2, 0.25) is 0 Å². The first-order valence-corrected chi connectivity index (χ1v) is 8.39. The van der Waals surface area contributed by atoms with Gasteiger partial charge in [0, 0.05) is 17.9 Å². The number of aromatic nitrogens is 1. The molecule has 0 aliphatic carbocycles. The van der Waals surface area contributed by atoms with E-state index >= 15 is 0 Å². The van der Waals surface area contributed by atoms with Gasteiger partial charge < -0.3 is 14.2 Å². The van der Waals surface area contributed by atoms with Gasteiger partial charge in [-0.15, -0.1) is 11.8 Å². The number of para-hydroxylation sites is 1. The van der Waals surface area contributed by atoms with Crippen LogP contribution in [0.3, 0.4) is 0 Å². The highest BCUT2D eigenvalue weighted by molar-refractivity contribution is 8.03. The molecule has 0 spiro atoms. The Labute approximate surface area is 139 Å². The molecule has 6 heteroatoms. The van der Waals surface area contributed by atoms with Gasteiger partial charge in [-0.3, -0.25) is 4.79 Å². The lowest BCUT2D eigenvalue weighted by atomic mass is 10.2. The summed E-state index contributed by atoms with van der Waals surface area (Å²) in [6.45, 7) is 4.49. The molecule has 0 saturated carbocycles. The Morgan fingerprint density at radius 1 is 1.39 bits per heavy atom. The SMILES string of the molecule is Cc1noc(C)c1/C=C1/SCCN1C(=O)COc1ccccc1. The van der Waals surface area contributed by atoms with E-state index in [0.717, 1.165) is 27.8 Å². The molecule has 0 N–H and O–H groups in total. The lowest BCUT2D eigenvalue weighted by molar-refractivity contribution is -0.130. The zero-order valence-corrected chi connectivity index (χ0v) is 13.9. The van der Waals surface area contributed by atoms with Gasteiger partial charge in [-0.25, -0.2) is 0 Å². The van der Waals surface area contributed by atoms with Crippen LogP contribution in [0.4, 0.5) is 0 Å². The van der Waals surface area contributed by atoms with E-state index < -0.39 is 0 Å². The van der Waals surface area contributed by atoms with Crippen LogP contribution in [0.15, 0.2) is 39.9 Å². The van der Waals surface area contributed by atoms with Crippen molar-refractivity contribution in [1.29, 1.82) is 0 Å². The lowest BCUT2D eigenvalue weighted by Gasteiger charge is -2.17. The molecule has 0 atom stereocenters. The molecule has 0 unspecified atom stereocenters. The molecule has 0 bridgehead atoms. The van der Waals surface area contributed by atoms with Crippen molar-refractivity contribution in [2.45, 2.75) is 13.8 Å². The Morgan fingerprint density at radius 2 is 2.17 bits per heavy atom. The monoisotopic (exact) mass is 330 g/mol. The Balaban J connectivity index is 1.70. The molecule has 1 aliphatic heterocycles. The van der Waals surface area contributed by atoms with Crippen LogP contribution in [0.25, 0.3) is 6.08 Å². The number of rotatable bonds is 4. The van der Waals surface area contributed by atoms with Crippen LogP contribution in [-0.2, 0) is 4.79 Å². The van der Waals surface area contributed by atoms with E-state index in [1.54, 1.807) is 16.7 Å². The van der Waals surface area contributed by atoms with Gasteiger partial charge in [-0.05, 0) is 32.1 Å². The summed E-state index contributed by atoms with van der Waals surface area (Å²) in [6, 6.07) is 9.36. The first-order chi connectivity index (χ1) is 11.1. The number of hydrogen-bond donors (Lipinski definition) is 0. The smallest absolute Gasteiger partial charge is 0.265 e. The molecule has 120 valence electrons. The highest BCUT2D eigenvalue weighted by Gasteiger charge is 2.25. The summed E-state index contributed by atoms with van der Waals surface area (Å²) in [6.07, 6.45) is 1.97. The maximum Gasteiger partial charge on any atom is 0.265 e. The number of hydrogen-bond acceptors (Lipinski definition) is 5. The zero-order valence-electron chi connectivity index (χ0n) is 13.1. The van der Waals surface area contributed by atoms with Gasteiger partial charge in [-0.2, -0.15) is 0 Å². The second-order valence-electron chi connectivity index (χ2n) is 5.22. The topological polar surface area (TPSA) is 55.6 Å². The molecule has 5 nitrogen and oxygen atoms in total. The number of nitrogens with zero attached hydrogens (tertiary/aromatic N) is 2. The molecule has 1 aromatic carbocycles. The fraction of sp³-hybridized carbons (Fsp3) is 0.294. The second kappa shape index (κ2) is 6.91. The van der Waals surface area contributed by atoms with Crippen molar-refractivity contribution in [3.05, 3.63) is 52.4 Å². The van der Waals surface area contributed by atoms with Gasteiger partial charge in [0.05, 0.1) is 10.7 Å². The predicted octanol–water partition coefficient (Wildman–Crippen LogP) is 3.24. The number of benzene rings is 1. The Hall–Kier alpha value is -2.21. The van der Waals surface area contributed by atoms with E-state index in [9.17, 15) is 4.79 Å². The third-order valence-electron chi connectivity index (χ3n) is 3.59. The van der Waals surface area contributed by atoms with E-state index in [2.05, 4.69) is 5.16 Å². The van der Waals surface area contributed by atoms with Crippen molar-refractivity contribution >= 4 is 23.7 Å². The summed E-state index contributed by atoms with van der Waals surface area (Å²) in [5.74, 6) is 2.29. The number of thioether (sulfide) groups is 1. The molecule has 1 aromatic heterocycles. The van der Waals surface area contributed by atoms with Crippen LogP contribution < -0.4 is 4.74 Å². The summed E-state index contributed by atoms with van der Waals surface area (Å²) in [4.78, 5) is 14.2. The second-order valence-corrected chi connectivity index (χ2v) is 6.33. The molecular formula is C17H18N2O3S. The highest BCUT2D eigenvalue weighted by atomic mass is 32.2. The summed E-state index contributed by atoms with van der Waals surface area (Å²) >= 11 is 1.66. The molecule has 2 heterocycles. The number of amides is 1.